The summed E-state index contributed by atoms with van der Waals surface area (Å²) in [6.07, 6.45) is 2.99. The minimum atomic E-state index is -0.313. The van der Waals surface area contributed by atoms with Gasteiger partial charge in [-0.25, -0.2) is 0 Å². The zero-order valence-corrected chi connectivity index (χ0v) is 9.45. The number of rotatable bonds is 4. The summed E-state index contributed by atoms with van der Waals surface area (Å²) in [4.78, 5) is 24.9. The van der Waals surface area contributed by atoms with Gasteiger partial charge in [-0.05, 0) is 19.8 Å². The van der Waals surface area contributed by atoms with Crippen LogP contribution in [0.4, 0.5) is 0 Å². The molecule has 0 bridgehead atoms. The van der Waals surface area contributed by atoms with E-state index in [1.807, 2.05) is 0 Å². The maximum Gasteiger partial charge on any atom is 0.247 e. The molecule has 4 nitrogen and oxygen atoms in total. The van der Waals surface area contributed by atoms with Crippen molar-refractivity contribution in [1.82, 2.24) is 10.2 Å². The molecule has 2 fully saturated rings. The number of nitrogens with zero attached hydrogens (tertiary/aromatic N) is 1. The van der Waals surface area contributed by atoms with Crippen LogP contribution in [0.3, 0.4) is 0 Å². The van der Waals surface area contributed by atoms with Crippen LogP contribution in [0.5, 0.6) is 0 Å². The van der Waals surface area contributed by atoms with E-state index in [2.05, 4.69) is 17.2 Å². The number of amides is 2. The molecule has 86 valence electrons. The third kappa shape index (κ3) is 2.25. The maximum atomic E-state index is 11.9. The van der Waals surface area contributed by atoms with Gasteiger partial charge >= 0.3 is 0 Å². The summed E-state index contributed by atoms with van der Waals surface area (Å²) in [5.74, 6) is 5.65. The third-order valence-corrected chi connectivity index (χ3v) is 2.91. The second-order valence-corrected chi connectivity index (χ2v) is 4.22. The van der Waals surface area contributed by atoms with Crippen molar-refractivity contribution in [2.45, 2.75) is 44.7 Å². The Hall–Kier alpha value is -1.34. The van der Waals surface area contributed by atoms with Gasteiger partial charge in [0.05, 0.1) is 12.5 Å². The lowest BCUT2D eigenvalue weighted by molar-refractivity contribution is -0.139. The van der Waals surface area contributed by atoms with Crippen molar-refractivity contribution < 1.29 is 9.59 Å². The van der Waals surface area contributed by atoms with Crippen LogP contribution < -0.4 is 5.32 Å². The van der Waals surface area contributed by atoms with Gasteiger partial charge in [-0.1, -0.05) is 0 Å². The molecule has 2 aliphatic rings. The molecule has 2 rings (SSSR count). The molecule has 1 atom stereocenters. The summed E-state index contributed by atoms with van der Waals surface area (Å²) in [6.45, 7) is 2.46. The molecular formula is C12H16N2O2. The van der Waals surface area contributed by atoms with Gasteiger partial charge in [-0.2, -0.15) is 0 Å². The molecule has 1 saturated carbocycles. The molecule has 4 heteroatoms. The molecule has 1 aliphatic heterocycles. The van der Waals surface area contributed by atoms with E-state index >= 15 is 0 Å². The van der Waals surface area contributed by atoms with Gasteiger partial charge < -0.3 is 5.32 Å². The number of carbonyl (C=O) groups is 2. The molecule has 1 heterocycles. The molecule has 1 unspecified atom stereocenters. The number of carbonyl (C=O) groups excluding carboxylic acids is 2. The van der Waals surface area contributed by atoms with Gasteiger partial charge in [0, 0.05) is 19.0 Å². The quantitative estimate of drug-likeness (QED) is 0.420. The molecule has 0 aromatic rings. The summed E-state index contributed by atoms with van der Waals surface area (Å²) in [7, 11) is 0. The first-order chi connectivity index (χ1) is 7.74. The lowest BCUT2D eigenvalue weighted by Crippen LogP contribution is -2.40. The minimum Gasteiger partial charge on any atom is -0.304 e. The van der Waals surface area contributed by atoms with E-state index in [4.69, 9.17) is 0 Å². The fraction of sp³-hybridized carbons (Fsp3) is 0.667. The number of likely N-dealkylation sites (tertiary alicyclic amines) is 1. The fourth-order valence-electron chi connectivity index (χ4n) is 1.96. The van der Waals surface area contributed by atoms with E-state index in [1.165, 1.54) is 4.90 Å². The van der Waals surface area contributed by atoms with Gasteiger partial charge in [0.15, 0.2) is 0 Å². The average Bonchev–Trinajstić information content (AvgIpc) is 3.03. The number of nitrogens with one attached hydrogen (secondary N) is 1. The van der Waals surface area contributed by atoms with Gasteiger partial charge in [-0.3, -0.25) is 14.5 Å². The van der Waals surface area contributed by atoms with E-state index < -0.39 is 0 Å². The smallest absolute Gasteiger partial charge is 0.247 e. The van der Waals surface area contributed by atoms with Crippen molar-refractivity contribution in [2.75, 3.05) is 6.54 Å². The van der Waals surface area contributed by atoms with Crippen LogP contribution >= 0.6 is 0 Å². The van der Waals surface area contributed by atoms with Crippen molar-refractivity contribution in [1.29, 1.82) is 0 Å². The molecule has 0 spiro atoms. The summed E-state index contributed by atoms with van der Waals surface area (Å²) in [6, 6.07) is -0.117. The highest BCUT2D eigenvalue weighted by Crippen LogP contribution is 2.31. The third-order valence-electron chi connectivity index (χ3n) is 2.91. The van der Waals surface area contributed by atoms with E-state index in [1.54, 1.807) is 6.92 Å². The average molecular weight is 220 g/mol. The molecular weight excluding hydrogens is 204 g/mol. The largest absolute Gasteiger partial charge is 0.304 e. The van der Waals surface area contributed by atoms with Crippen molar-refractivity contribution in [3.8, 4) is 11.8 Å². The maximum absolute atomic E-state index is 11.9. The SMILES string of the molecule is CC#CCCNC1CC(=O)N(C2CC2)C1=O. The predicted octanol–water partition coefficient (Wildman–Crippen LogP) is 0.279. The van der Waals surface area contributed by atoms with Gasteiger partial charge in [0.1, 0.15) is 0 Å². The number of hydrogen-bond acceptors (Lipinski definition) is 3. The highest BCUT2D eigenvalue weighted by molar-refractivity contribution is 6.06. The van der Waals surface area contributed by atoms with Crippen molar-refractivity contribution in [3.05, 3.63) is 0 Å². The van der Waals surface area contributed by atoms with Crippen LogP contribution in [0.15, 0.2) is 0 Å². The van der Waals surface area contributed by atoms with Gasteiger partial charge in [-0.15, -0.1) is 11.8 Å². The molecule has 0 aromatic heterocycles. The molecule has 16 heavy (non-hydrogen) atoms. The van der Waals surface area contributed by atoms with Crippen LogP contribution in [0, 0.1) is 11.8 Å². The molecule has 2 amide bonds. The Morgan fingerprint density at radius 1 is 1.44 bits per heavy atom. The molecule has 0 aromatic carbocycles. The Balaban J connectivity index is 1.84. The molecule has 1 aliphatic carbocycles. The first kappa shape index (κ1) is 11.2. The van der Waals surface area contributed by atoms with E-state index in [-0.39, 0.29) is 23.9 Å². The Bertz CT molecular complexity index is 363. The lowest BCUT2D eigenvalue weighted by Gasteiger charge is -2.13. The zero-order chi connectivity index (χ0) is 11.5. The van der Waals surface area contributed by atoms with E-state index in [9.17, 15) is 9.59 Å². The number of imide groups is 1. The highest BCUT2D eigenvalue weighted by Gasteiger charge is 2.45. The van der Waals surface area contributed by atoms with E-state index in [0.717, 1.165) is 19.3 Å². The van der Waals surface area contributed by atoms with Crippen molar-refractivity contribution in [2.24, 2.45) is 0 Å². The standard InChI is InChI=1S/C12H16N2O2/c1-2-3-4-7-13-10-8-11(15)14(12(10)16)9-5-6-9/h9-10,13H,4-8H2,1H3. The monoisotopic (exact) mass is 220 g/mol. The van der Waals surface area contributed by atoms with Gasteiger partial charge in [0.25, 0.3) is 0 Å². The van der Waals surface area contributed by atoms with Crippen LogP contribution in [0.25, 0.3) is 0 Å². The topological polar surface area (TPSA) is 49.4 Å². The normalized spacial score (nSPS) is 24.6. The summed E-state index contributed by atoms with van der Waals surface area (Å²) >= 11 is 0. The summed E-state index contributed by atoms with van der Waals surface area (Å²) in [5.41, 5.74) is 0. The summed E-state index contributed by atoms with van der Waals surface area (Å²) < 4.78 is 0. The fourth-order valence-corrected chi connectivity index (χ4v) is 1.96. The van der Waals surface area contributed by atoms with Crippen LogP contribution in [-0.2, 0) is 9.59 Å². The van der Waals surface area contributed by atoms with Crippen LogP contribution in [0.2, 0.25) is 0 Å². The zero-order valence-electron chi connectivity index (χ0n) is 9.45. The first-order valence-electron chi connectivity index (χ1n) is 5.73. The van der Waals surface area contributed by atoms with Crippen LogP contribution in [0.1, 0.15) is 32.6 Å². The molecule has 1 N–H and O–H groups in total. The Morgan fingerprint density at radius 3 is 2.81 bits per heavy atom. The summed E-state index contributed by atoms with van der Waals surface area (Å²) in [5, 5.41) is 3.09. The van der Waals surface area contributed by atoms with Gasteiger partial charge in [0.2, 0.25) is 11.8 Å². The van der Waals surface area contributed by atoms with E-state index in [0.29, 0.717) is 13.0 Å². The Kier molecular flexibility index (Phi) is 3.25. The van der Waals surface area contributed by atoms with Crippen molar-refractivity contribution >= 4 is 11.8 Å². The Labute approximate surface area is 95.4 Å². The second-order valence-electron chi connectivity index (χ2n) is 4.22. The molecule has 1 saturated heterocycles. The predicted molar refractivity (Wildman–Crippen MR) is 59.3 cm³/mol. The number of hydrogen-bond donors (Lipinski definition) is 1. The second kappa shape index (κ2) is 4.67. The highest BCUT2D eigenvalue weighted by atomic mass is 16.2. The lowest BCUT2D eigenvalue weighted by atomic mass is 10.2. The Morgan fingerprint density at radius 2 is 2.19 bits per heavy atom. The first-order valence-corrected chi connectivity index (χ1v) is 5.73. The molecule has 0 radical (unpaired) electrons. The van der Waals surface area contributed by atoms with Crippen molar-refractivity contribution in [3.63, 3.8) is 0 Å². The van der Waals surface area contributed by atoms with Crippen LogP contribution in [-0.4, -0.2) is 35.3 Å². The minimum absolute atomic E-state index is 0.0217.